The predicted molar refractivity (Wildman–Crippen MR) is 122 cm³/mol. The molecule has 168 valence electrons. The number of ether oxygens (including phenoxy) is 1. The highest BCUT2D eigenvalue weighted by atomic mass is 32.2. The number of hydrogen-bond acceptors (Lipinski definition) is 5. The van der Waals surface area contributed by atoms with Crippen molar-refractivity contribution < 1.29 is 22.7 Å². The highest BCUT2D eigenvalue weighted by molar-refractivity contribution is 7.92. The first-order chi connectivity index (χ1) is 15.0. The van der Waals surface area contributed by atoms with Crippen LogP contribution in [0.4, 0.5) is 11.4 Å². The second kappa shape index (κ2) is 6.91. The lowest BCUT2D eigenvalue weighted by Gasteiger charge is -2.37. The van der Waals surface area contributed by atoms with Crippen LogP contribution in [0.1, 0.15) is 56.0 Å². The zero-order chi connectivity index (χ0) is 22.9. The van der Waals surface area contributed by atoms with Crippen molar-refractivity contribution in [3.05, 3.63) is 53.6 Å². The van der Waals surface area contributed by atoms with Gasteiger partial charge in [0, 0.05) is 23.5 Å². The maximum absolute atomic E-state index is 13.4. The number of fused-ring (bicyclic) bond motifs is 1. The maximum atomic E-state index is 13.4. The molecule has 3 aliphatic rings. The number of ketones is 1. The van der Waals surface area contributed by atoms with Crippen molar-refractivity contribution in [2.75, 3.05) is 16.4 Å². The fourth-order valence-electron chi connectivity index (χ4n) is 4.85. The molecule has 6 nitrogen and oxygen atoms in total. The summed E-state index contributed by atoms with van der Waals surface area (Å²) >= 11 is 0. The van der Waals surface area contributed by atoms with Crippen molar-refractivity contribution in [1.29, 1.82) is 0 Å². The third-order valence-corrected chi connectivity index (χ3v) is 8.87. The first kappa shape index (κ1) is 21.2. The lowest BCUT2D eigenvalue weighted by molar-refractivity contribution is -0.121. The number of carbonyl (C=O) groups excluding carboxylic acids is 2. The van der Waals surface area contributed by atoms with Gasteiger partial charge in [0.1, 0.15) is 5.75 Å². The van der Waals surface area contributed by atoms with Crippen molar-refractivity contribution in [2.45, 2.75) is 51.6 Å². The van der Waals surface area contributed by atoms with Crippen molar-refractivity contribution in [3.8, 4) is 5.75 Å². The lowest BCUT2D eigenvalue weighted by Crippen LogP contribution is -2.47. The zero-order valence-electron chi connectivity index (χ0n) is 18.6. The molecule has 2 aliphatic heterocycles. The smallest absolute Gasteiger partial charge is 0.241 e. The first-order valence-electron chi connectivity index (χ1n) is 11.0. The number of benzene rings is 2. The average molecular weight is 454 g/mol. The minimum atomic E-state index is -3.01. The second-order valence-corrected chi connectivity index (χ2v) is 12.3. The van der Waals surface area contributed by atoms with Gasteiger partial charge in [0.25, 0.3) is 0 Å². The molecule has 0 aromatic heterocycles. The molecular weight excluding hydrogens is 426 g/mol. The summed E-state index contributed by atoms with van der Waals surface area (Å²) in [4.78, 5) is 28.0. The summed E-state index contributed by atoms with van der Waals surface area (Å²) < 4.78 is 29.1. The Kier molecular flexibility index (Phi) is 4.58. The molecule has 2 heterocycles. The molecule has 2 aromatic rings. The van der Waals surface area contributed by atoms with E-state index in [1.54, 1.807) is 17.0 Å². The molecule has 2 fully saturated rings. The molecule has 1 saturated carbocycles. The summed E-state index contributed by atoms with van der Waals surface area (Å²) in [7, 11) is -3.01. The number of hydrogen-bond donors (Lipinski definition) is 0. The maximum Gasteiger partial charge on any atom is 0.241 e. The van der Waals surface area contributed by atoms with Crippen LogP contribution in [0.15, 0.2) is 42.5 Å². The predicted octanol–water partition coefficient (Wildman–Crippen LogP) is 4.19. The number of rotatable bonds is 6. The topological polar surface area (TPSA) is 80.8 Å². The van der Waals surface area contributed by atoms with Crippen LogP contribution in [-0.2, 0) is 20.0 Å². The summed E-state index contributed by atoms with van der Waals surface area (Å²) in [5, 5.41) is 0. The van der Waals surface area contributed by atoms with Crippen LogP contribution in [0.3, 0.4) is 0 Å². The number of sulfone groups is 1. The Bertz CT molecular complexity index is 1230. The van der Waals surface area contributed by atoms with Gasteiger partial charge in [-0.3, -0.25) is 14.5 Å². The Labute approximate surface area is 188 Å². The van der Waals surface area contributed by atoms with Crippen LogP contribution < -0.4 is 9.64 Å². The molecule has 1 aliphatic carbocycles. The Morgan fingerprint density at radius 1 is 1.09 bits per heavy atom. The molecule has 1 amide bonds. The Morgan fingerprint density at radius 2 is 1.81 bits per heavy atom. The summed E-state index contributed by atoms with van der Waals surface area (Å²) in [6.07, 6.45) is 2.57. The van der Waals surface area contributed by atoms with E-state index in [0.717, 1.165) is 35.5 Å². The summed E-state index contributed by atoms with van der Waals surface area (Å²) in [5.74, 6) is 0.700. The number of carbonyl (C=O) groups is 2. The molecule has 0 radical (unpaired) electrons. The van der Waals surface area contributed by atoms with E-state index in [2.05, 4.69) is 0 Å². The van der Waals surface area contributed by atoms with Gasteiger partial charge in [-0.15, -0.1) is 0 Å². The number of Topliss-reactive ketones (excluding diaryl/α,β-unsaturated/α-hetero) is 1. The van der Waals surface area contributed by atoms with Gasteiger partial charge in [-0.05, 0) is 62.6 Å². The molecular formula is C25H27NO5S. The number of anilines is 2. The molecule has 1 saturated heterocycles. The van der Waals surface area contributed by atoms with Gasteiger partial charge in [0.2, 0.25) is 5.91 Å². The van der Waals surface area contributed by atoms with Gasteiger partial charge in [-0.25, -0.2) is 8.42 Å². The van der Waals surface area contributed by atoms with Gasteiger partial charge in [0.15, 0.2) is 15.6 Å². The van der Waals surface area contributed by atoms with Gasteiger partial charge in [-0.2, -0.15) is 0 Å². The van der Waals surface area contributed by atoms with Crippen molar-refractivity contribution in [1.82, 2.24) is 0 Å². The third kappa shape index (κ3) is 3.62. The number of amides is 1. The van der Waals surface area contributed by atoms with Crippen LogP contribution in [0.25, 0.3) is 0 Å². The second-order valence-electron chi connectivity index (χ2n) is 10.3. The molecule has 0 unspecified atom stereocenters. The number of nitrogens with zero attached hydrogens (tertiary/aromatic N) is 1. The largest absolute Gasteiger partial charge is 0.490 e. The minimum Gasteiger partial charge on any atom is -0.490 e. The van der Waals surface area contributed by atoms with E-state index >= 15 is 0 Å². The van der Waals surface area contributed by atoms with E-state index in [9.17, 15) is 18.0 Å². The van der Waals surface area contributed by atoms with Crippen LogP contribution >= 0.6 is 0 Å². The molecule has 0 spiro atoms. The Balaban J connectivity index is 1.45. The van der Waals surface area contributed by atoms with Crippen LogP contribution in [-0.4, -0.2) is 37.7 Å². The molecule has 32 heavy (non-hydrogen) atoms. The molecule has 5 rings (SSSR count). The summed E-state index contributed by atoms with van der Waals surface area (Å²) in [5.41, 5.74) is 1.52. The fourth-order valence-corrected chi connectivity index (χ4v) is 7.09. The summed E-state index contributed by atoms with van der Waals surface area (Å²) in [6, 6.07) is 12.9. The van der Waals surface area contributed by atoms with E-state index in [-0.39, 0.29) is 35.7 Å². The molecule has 7 heteroatoms. The molecule has 0 N–H and O–H groups in total. The summed E-state index contributed by atoms with van der Waals surface area (Å²) in [6.45, 7) is 5.57. The SMILES string of the molecule is CC1(CC(=O)c2ccc3c(c2)C(C)(C)C(=O)N3c2cccc(OC3CC3)c2)CS(=O)(=O)C1. The lowest BCUT2D eigenvalue weighted by atomic mass is 9.83. The van der Waals surface area contributed by atoms with Gasteiger partial charge >= 0.3 is 0 Å². The Morgan fingerprint density at radius 3 is 2.47 bits per heavy atom. The Hall–Kier alpha value is -2.67. The van der Waals surface area contributed by atoms with Crippen LogP contribution in [0.5, 0.6) is 5.75 Å². The first-order valence-corrected chi connectivity index (χ1v) is 12.8. The van der Waals surface area contributed by atoms with Gasteiger partial charge in [-0.1, -0.05) is 13.0 Å². The van der Waals surface area contributed by atoms with Crippen molar-refractivity contribution >= 4 is 32.9 Å². The van der Waals surface area contributed by atoms with Crippen molar-refractivity contribution in [2.24, 2.45) is 5.41 Å². The molecule has 0 atom stereocenters. The van der Waals surface area contributed by atoms with E-state index in [0.29, 0.717) is 5.56 Å². The quantitative estimate of drug-likeness (QED) is 0.613. The minimum absolute atomic E-state index is 0.0493. The van der Waals surface area contributed by atoms with E-state index in [1.165, 1.54) is 0 Å². The highest BCUT2D eigenvalue weighted by Crippen LogP contribution is 2.47. The molecule has 0 bridgehead atoms. The average Bonchev–Trinajstić information content (AvgIpc) is 3.47. The normalized spacial score (nSPS) is 22.2. The standard InChI is InChI=1S/C25H27NO5S/c1-24(2)20-11-16(22(27)13-25(3)14-32(29,30)15-25)7-10-21(20)26(23(24)28)17-5-4-6-19(12-17)31-18-8-9-18/h4-7,10-12,18H,8-9,13-15H2,1-3H3. The van der Waals surface area contributed by atoms with Crippen LogP contribution in [0, 0.1) is 5.41 Å². The highest BCUT2D eigenvalue weighted by Gasteiger charge is 2.47. The van der Waals surface area contributed by atoms with E-state index in [1.807, 2.05) is 51.1 Å². The van der Waals surface area contributed by atoms with E-state index in [4.69, 9.17) is 4.74 Å². The third-order valence-electron chi connectivity index (χ3n) is 6.60. The fraction of sp³-hybridized carbons (Fsp3) is 0.440. The van der Waals surface area contributed by atoms with Gasteiger partial charge in [0.05, 0.1) is 34.4 Å². The van der Waals surface area contributed by atoms with Gasteiger partial charge < -0.3 is 4.74 Å². The zero-order valence-corrected chi connectivity index (χ0v) is 19.4. The van der Waals surface area contributed by atoms with Crippen molar-refractivity contribution in [3.63, 3.8) is 0 Å². The van der Waals surface area contributed by atoms with E-state index < -0.39 is 20.7 Å². The molecule has 2 aromatic carbocycles. The van der Waals surface area contributed by atoms with Crippen LogP contribution in [0.2, 0.25) is 0 Å². The monoisotopic (exact) mass is 453 g/mol.